The Kier molecular flexibility index (Phi) is 5.18. The third-order valence-corrected chi connectivity index (χ3v) is 5.41. The molecule has 2 heterocycles. The Morgan fingerprint density at radius 1 is 1.15 bits per heavy atom. The number of nitrogens with zero attached hydrogens (tertiary/aromatic N) is 1. The van der Waals surface area contributed by atoms with Crippen molar-refractivity contribution >= 4 is 17.5 Å². The molecule has 0 spiro atoms. The van der Waals surface area contributed by atoms with Crippen LogP contribution in [0.1, 0.15) is 5.56 Å². The first kappa shape index (κ1) is 18.1. The monoisotopic (exact) mass is 391 g/mol. The van der Waals surface area contributed by atoms with E-state index in [-0.39, 0.29) is 18.3 Å². The minimum atomic E-state index is -0.623. The van der Waals surface area contributed by atoms with Gasteiger partial charge in [0.2, 0.25) is 6.10 Å². The predicted molar refractivity (Wildman–Crippen MR) is 98.7 cm³/mol. The lowest BCUT2D eigenvalue weighted by molar-refractivity contribution is -0.917. The summed E-state index contributed by atoms with van der Waals surface area (Å²) in [7, 11) is 0. The highest BCUT2D eigenvalue weighted by Crippen LogP contribution is 2.31. The van der Waals surface area contributed by atoms with Crippen molar-refractivity contribution in [2.45, 2.75) is 12.6 Å². The zero-order valence-electron chi connectivity index (χ0n) is 14.8. The molecule has 1 amide bonds. The van der Waals surface area contributed by atoms with Crippen LogP contribution in [0.4, 0.5) is 4.39 Å². The molecule has 2 aromatic rings. The normalized spacial score (nSPS) is 19.8. The van der Waals surface area contributed by atoms with E-state index in [1.807, 2.05) is 18.2 Å². The number of piperazine rings is 1. The van der Waals surface area contributed by atoms with Gasteiger partial charge in [0.05, 0.1) is 36.8 Å². The molecular formula is C20H21ClFN2O3+. The number of para-hydroxylation sites is 2. The molecule has 0 unspecified atom stereocenters. The van der Waals surface area contributed by atoms with Crippen LogP contribution in [-0.2, 0) is 11.3 Å². The van der Waals surface area contributed by atoms with Gasteiger partial charge >= 0.3 is 0 Å². The number of hydrogen-bond acceptors (Lipinski definition) is 3. The second-order valence-corrected chi connectivity index (χ2v) is 7.22. The molecule has 2 aromatic carbocycles. The van der Waals surface area contributed by atoms with E-state index in [1.54, 1.807) is 23.1 Å². The van der Waals surface area contributed by atoms with Gasteiger partial charge < -0.3 is 19.3 Å². The third kappa shape index (κ3) is 3.87. The average molecular weight is 392 g/mol. The molecule has 0 saturated carbocycles. The molecule has 27 heavy (non-hydrogen) atoms. The van der Waals surface area contributed by atoms with Gasteiger partial charge in [-0.05, 0) is 24.3 Å². The molecule has 142 valence electrons. The fraction of sp³-hybridized carbons (Fsp3) is 0.350. The van der Waals surface area contributed by atoms with Gasteiger partial charge in [0.15, 0.2) is 11.5 Å². The number of benzene rings is 2. The van der Waals surface area contributed by atoms with Crippen molar-refractivity contribution in [2.24, 2.45) is 0 Å². The highest BCUT2D eigenvalue weighted by atomic mass is 35.5. The summed E-state index contributed by atoms with van der Waals surface area (Å²) in [4.78, 5) is 15.8. The summed E-state index contributed by atoms with van der Waals surface area (Å²) < 4.78 is 25.4. The van der Waals surface area contributed by atoms with Gasteiger partial charge in [-0.2, -0.15) is 0 Å². The van der Waals surface area contributed by atoms with E-state index in [0.717, 1.165) is 13.1 Å². The van der Waals surface area contributed by atoms with Gasteiger partial charge in [0, 0.05) is 0 Å². The first-order chi connectivity index (χ1) is 13.1. The van der Waals surface area contributed by atoms with Crippen LogP contribution in [0.2, 0.25) is 5.02 Å². The van der Waals surface area contributed by atoms with Crippen molar-refractivity contribution in [3.63, 3.8) is 0 Å². The second-order valence-electron chi connectivity index (χ2n) is 6.82. The summed E-state index contributed by atoms with van der Waals surface area (Å²) in [5.41, 5.74) is 0.537. The summed E-state index contributed by atoms with van der Waals surface area (Å²) in [5, 5.41) is 0.451. The second kappa shape index (κ2) is 7.74. The zero-order chi connectivity index (χ0) is 18.8. The number of amides is 1. The predicted octanol–water partition coefficient (Wildman–Crippen LogP) is 1.55. The number of nitrogens with one attached hydrogen (secondary N) is 1. The summed E-state index contributed by atoms with van der Waals surface area (Å²) in [5.74, 6) is 0.922. The first-order valence-electron chi connectivity index (χ1n) is 9.05. The molecule has 1 saturated heterocycles. The summed E-state index contributed by atoms with van der Waals surface area (Å²) >= 11 is 6.12. The number of fused-ring (bicyclic) bond motifs is 1. The van der Waals surface area contributed by atoms with Gasteiger partial charge in [0.1, 0.15) is 19.0 Å². The lowest BCUT2D eigenvalue weighted by atomic mass is 10.1. The molecule has 0 aliphatic carbocycles. The minimum Gasteiger partial charge on any atom is -0.485 e. The Hall–Kier alpha value is -2.31. The van der Waals surface area contributed by atoms with Crippen LogP contribution >= 0.6 is 11.6 Å². The molecule has 7 heteroatoms. The Morgan fingerprint density at radius 2 is 1.89 bits per heavy atom. The fourth-order valence-corrected chi connectivity index (χ4v) is 3.75. The van der Waals surface area contributed by atoms with Crippen molar-refractivity contribution in [3.05, 3.63) is 58.9 Å². The smallest absolute Gasteiger partial charge is 0.267 e. The fourth-order valence-electron chi connectivity index (χ4n) is 3.52. The number of halogens is 2. The highest BCUT2D eigenvalue weighted by Gasteiger charge is 2.33. The molecule has 2 aliphatic rings. The Balaban J connectivity index is 1.33. The van der Waals surface area contributed by atoms with Crippen LogP contribution in [0.15, 0.2) is 42.5 Å². The molecule has 1 N–H and O–H groups in total. The standard InChI is InChI=1S/C20H20ClFN2O3/c21-15-4-3-5-16(22)14(15)12-23-8-10-24(11-9-23)20(25)19-13-26-17-6-1-2-7-18(17)27-19/h1-7,19H,8-13H2/p+1/t19-/m0/s1. The first-order valence-corrected chi connectivity index (χ1v) is 9.43. The highest BCUT2D eigenvalue weighted by molar-refractivity contribution is 6.31. The number of hydrogen-bond donors (Lipinski definition) is 1. The van der Waals surface area contributed by atoms with Crippen molar-refractivity contribution < 1.29 is 23.6 Å². The summed E-state index contributed by atoms with van der Waals surface area (Å²) in [6.45, 7) is 3.41. The number of rotatable bonds is 3. The van der Waals surface area contributed by atoms with E-state index < -0.39 is 6.10 Å². The molecule has 0 bridgehead atoms. The number of ether oxygens (including phenoxy) is 2. The Bertz CT molecular complexity index is 819. The minimum absolute atomic E-state index is 0.0625. The lowest BCUT2D eigenvalue weighted by Gasteiger charge is -2.35. The molecule has 4 rings (SSSR count). The van der Waals surface area contributed by atoms with Crippen LogP contribution in [0, 0.1) is 5.82 Å². The van der Waals surface area contributed by atoms with E-state index in [4.69, 9.17) is 21.1 Å². The maximum atomic E-state index is 14.0. The van der Waals surface area contributed by atoms with E-state index in [1.165, 1.54) is 11.0 Å². The zero-order valence-corrected chi connectivity index (χ0v) is 15.5. The maximum Gasteiger partial charge on any atom is 0.267 e. The molecule has 1 fully saturated rings. The lowest BCUT2D eigenvalue weighted by Crippen LogP contribution is -3.13. The largest absolute Gasteiger partial charge is 0.485 e. The van der Waals surface area contributed by atoms with Crippen molar-refractivity contribution in [1.29, 1.82) is 0 Å². The molecule has 0 radical (unpaired) electrons. The van der Waals surface area contributed by atoms with Gasteiger partial charge in [-0.1, -0.05) is 29.8 Å². The van der Waals surface area contributed by atoms with Crippen LogP contribution in [0.5, 0.6) is 11.5 Å². The molecule has 2 aliphatic heterocycles. The average Bonchev–Trinajstić information content (AvgIpc) is 2.70. The van der Waals surface area contributed by atoms with E-state index in [9.17, 15) is 9.18 Å². The molecule has 1 atom stereocenters. The van der Waals surface area contributed by atoms with Crippen molar-refractivity contribution in [2.75, 3.05) is 32.8 Å². The van der Waals surface area contributed by atoms with Crippen molar-refractivity contribution in [1.82, 2.24) is 4.90 Å². The quantitative estimate of drug-likeness (QED) is 0.863. The number of quaternary nitrogens is 1. The van der Waals surface area contributed by atoms with Gasteiger partial charge in [0.25, 0.3) is 5.91 Å². The van der Waals surface area contributed by atoms with Crippen LogP contribution in [0.3, 0.4) is 0 Å². The maximum absolute atomic E-state index is 14.0. The number of carbonyl (C=O) groups is 1. The molecular weight excluding hydrogens is 371 g/mol. The van der Waals surface area contributed by atoms with Crippen LogP contribution < -0.4 is 14.4 Å². The number of carbonyl (C=O) groups excluding carboxylic acids is 1. The van der Waals surface area contributed by atoms with E-state index >= 15 is 0 Å². The summed E-state index contributed by atoms with van der Waals surface area (Å²) in [6.07, 6.45) is -0.623. The van der Waals surface area contributed by atoms with Gasteiger partial charge in [-0.25, -0.2) is 4.39 Å². The molecule has 0 aromatic heterocycles. The van der Waals surface area contributed by atoms with Crippen LogP contribution in [0.25, 0.3) is 0 Å². The van der Waals surface area contributed by atoms with Gasteiger partial charge in [-0.15, -0.1) is 0 Å². The van der Waals surface area contributed by atoms with E-state index in [2.05, 4.69) is 0 Å². The third-order valence-electron chi connectivity index (χ3n) is 5.05. The SMILES string of the molecule is O=C([C@@H]1COc2ccccc2O1)N1CC[NH+](Cc2c(F)cccc2Cl)CC1. The Labute approximate surface area is 162 Å². The summed E-state index contributed by atoms with van der Waals surface area (Å²) in [6, 6.07) is 12.1. The van der Waals surface area contributed by atoms with Gasteiger partial charge in [-0.3, -0.25) is 4.79 Å². The topological polar surface area (TPSA) is 43.2 Å². The van der Waals surface area contributed by atoms with Crippen molar-refractivity contribution in [3.8, 4) is 11.5 Å². The molecule has 5 nitrogen and oxygen atoms in total. The van der Waals surface area contributed by atoms with E-state index in [0.29, 0.717) is 41.7 Å². The van der Waals surface area contributed by atoms with Crippen LogP contribution in [-0.4, -0.2) is 49.7 Å². The Morgan fingerprint density at radius 3 is 2.63 bits per heavy atom.